The largest absolute Gasteiger partial charge is 0.360 e. The molecule has 1 aromatic heterocycles. The summed E-state index contributed by atoms with van der Waals surface area (Å²) in [5.74, 6) is 1.01. The second-order valence-electron chi connectivity index (χ2n) is 6.30. The highest BCUT2D eigenvalue weighted by atomic mass is 16.5. The zero-order chi connectivity index (χ0) is 16.4. The molecule has 5 heteroatoms. The van der Waals surface area contributed by atoms with Crippen molar-refractivity contribution in [3.05, 3.63) is 52.4 Å². The van der Waals surface area contributed by atoms with E-state index in [0.29, 0.717) is 0 Å². The monoisotopic (exact) mass is 313 g/mol. The minimum Gasteiger partial charge on any atom is -0.360 e. The van der Waals surface area contributed by atoms with Crippen LogP contribution in [0.1, 0.15) is 32.9 Å². The smallest absolute Gasteiger partial charge is 0.253 e. The van der Waals surface area contributed by atoms with Crippen LogP contribution in [0.15, 0.2) is 28.8 Å². The summed E-state index contributed by atoms with van der Waals surface area (Å²) in [6.07, 6.45) is 0. The van der Waals surface area contributed by atoms with E-state index in [-0.39, 0.29) is 5.91 Å². The van der Waals surface area contributed by atoms with Crippen LogP contribution in [0.25, 0.3) is 0 Å². The van der Waals surface area contributed by atoms with Gasteiger partial charge in [-0.05, 0) is 44.0 Å². The Morgan fingerprint density at radius 2 is 1.83 bits per heavy atom. The first-order chi connectivity index (χ1) is 11.0. The van der Waals surface area contributed by atoms with Crippen molar-refractivity contribution in [3.8, 4) is 0 Å². The van der Waals surface area contributed by atoms with E-state index in [0.717, 1.165) is 55.3 Å². The van der Waals surface area contributed by atoms with Crippen molar-refractivity contribution in [2.75, 3.05) is 26.2 Å². The van der Waals surface area contributed by atoms with Crippen LogP contribution in [-0.2, 0) is 6.54 Å². The lowest BCUT2D eigenvalue weighted by Gasteiger charge is -2.34. The second-order valence-corrected chi connectivity index (χ2v) is 6.30. The molecular formula is C18H23N3O2. The standard InChI is InChI=1S/C18H23N3O2/c1-13-4-5-16(10-14(13)2)18(22)21-8-6-20(7-9-21)12-17-11-15(3)19-23-17/h4-5,10-11H,6-9,12H2,1-3H3. The molecule has 0 bridgehead atoms. The molecule has 0 aliphatic carbocycles. The van der Waals surface area contributed by atoms with Gasteiger partial charge in [-0.2, -0.15) is 0 Å². The van der Waals surface area contributed by atoms with E-state index in [9.17, 15) is 4.79 Å². The van der Waals surface area contributed by atoms with Crippen molar-refractivity contribution in [3.63, 3.8) is 0 Å². The van der Waals surface area contributed by atoms with Gasteiger partial charge in [-0.25, -0.2) is 0 Å². The highest BCUT2D eigenvalue weighted by Gasteiger charge is 2.23. The third kappa shape index (κ3) is 3.62. The third-order valence-electron chi connectivity index (χ3n) is 4.47. The molecule has 122 valence electrons. The van der Waals surface area contributed by atoms with Gasteiger partial charge in [0, 0.05) is 37.8 Å². The summed E-state index contributed by atoms with van der Waals surface area (Å²) in [5.41, 5.74) is 4.07. The number of carbonyl (C=O) groups excluding carboxylic acids is 1. The molecule has 2 heterocycles. The van der Waals surface area contributed by atoms with Gasteiger partial charge in [0.2, 0.25) is 0 Å². The van der Waals surface area contributed by atoms with Gasteiger partial charge >= 0.3 is 0 Å². The summed E-state index contributed by atoms with van der Waals surface area (Å²) in [6, 6.07) is 7.90. The molecule has 0 N–H and O–H groups in total. The Morgan fingerprint density at radius 3 is 2.43 bits per heavy atom. The molecule has 3 rings (SSSR count). The van der Waals surface area contributed by atoms with Crippen LogP contribution in [0.5, 0.6) is 0 Å². The molecule has 0 spiro atoms. The average Bonchev–Trinajstić information content (AvgIpc) is 2.95. The predicted octanol–water partition coefficient (Wildman–Crippen LogP) is 2.56. The highest BCUT2D eigenvalue weighted by molar-refractivity contribution is 5.94. The Bertz CT molecular complexity index is 700. The summed E-state index contributed by atoms with van der Waals surface area (Å²) in [5, 5.41) is 3.91. The number of rotatable bonds is 3. The maximum absolute atomic E-state index is 12.6. The summed E-state index contributed by atoms with van der Waals surface area (Å²) in [7, 11) is 0. The van der Waals surface area contributed by atoms with Crippen molar-refractivity contribution < 1.29 is 9.32 Å². The summed E-state index contributed by atoms with van der Waals surface area (Å²) in [6.45, 7) is 10.0. The van der Waals surface area contributed by atoms with Gasteiger partial charge in [-0.3, -0.25) is 9.69 Å². The van der Waals surface area contributed by atoms with Crippen molar-refractivity contribution in [1.29, 1.82) is 0 Å². The van der Waals surface area contributed by atoms with Gasteiger partial charge in [-0.1, -0.05) is 11.2 Å². The minimum atomic E-state index is 0.128. The highest BCUT2D eigenvalue weighted by Crippen LogP contribution is 2.15. The van der Waals surface area contributed by atoms with Crippen molar-refractivity contribution in [2.45, 2.75) is 27.3 Å². The Labute approximate surface area is 136 Å². The van der Waals surface area contributed by atoms with Gasteiger partial charge < -0.3 is 9.42 Å². The average molecular weight is 313 g/mol. The number of carbonyl (C=O) groups is 1. The van der Waals surface area contributed by atoms with Crippen molar-refractivity contribution >= 4 is 5.91 Å². The van der Waals surface area contributed by atoms with Gasteiger partial charge in [0.05, 0.1) is 12.2 Å². The topological polar surface area (TPSA) is 49.6 Å². The summed E-state index contributed by atoms with van der Waals surface area (Å²) >= 11 is 0. The molecule has 1 aliphatic rings. The Morgan fingerprint density at radius 1 is 1.09 bits per heavy atom. The quantitative estimate of drug-likeness (QED) is 0.874. The number of amides is 1. The molecule has 0 unspecified atom stereocenters. The van der Waals surface area contributed by atoms with Crippen LogP contribution in [0.2, 0.25) is 0 Å². The van der Waals surface area contributed by atoms with E-state index in [1.54, 1.807) is 0 Å². The number of hydrogen-bond donors (Lipinski definition) is 0. The molecule has 0 radical (unpaired) electrons. The number of hydrogen-bond acceptors (Lipinski definition) is 4. The van der Waals surface area contributed by atoms with E-state index in [4.69, 9.17) is 4.52 Å². The van der Waals surface area contributed by atoms with Crippen LogP contribution >= 0.6 is 0 Å². The zero-order valence-corrected chi connectivity index (χ0v) is 14.0. The van der Waals surface area contributed by atoms with Gasteiger partial charge in [0.15, 0.2) is 5.76 Å². The molecule has 0 saturated carbocycles. The molecule has 1 fully saturated rings. The molecule has 0 atom stereocenters. The van der Waals surface area contributed by atoms with Crippen LogP contribution < -0.4 is 0 Å². The normalized spacial score (nSPS) is 15.9. The fourth-order valence-corrected chi connectivity index (χ4v) is 2.88. The van der Waals surface area contributed by atoms with Crippen LogP contribution in [-0.4, -0.2) is 47.0 Å². The van der Waals surface area contributed by atoms with Gasteiger partial charge in [0.1, 0.15) is 0 Å². The van der Waals surface area contributed by atoms with Crippen LogP contribution in [0.3, 0.4) is 0 Å². The lowest BCUT2D eigenvalue weighted by molar-refractivity contribution is 0.0617. The number of piperazine rings is 1. The maximum Gasteiger partial charge on any atom is 0.253 e. The molecule has 1 saturated heterocycles. The Kier molecular flexibility index (Phi) is 4.48. The third-order valence-corrected chi connectivity index (χ3v) is 4.47. The molecular weight excluding hydrogens is 290 g/mol. The van der Waals surface area contributed by atoms with Crippen LogP contribution in [0, 0.1) is 20.8 Å². The molecule has 1 amide bonds. The number of aryl methyl sites for hydroxylation is 3. The Balaban J connectivity index is 1.57. The van der Waals surface area contributed by atoms with E-state index in [1.807, 2.05) is 43.0 Å². The van der Waals surface area contributed by atoms with Crippen molar-refractivity contribution in [2.24, 2.45) is 0 Å². The summed E-state index contributed by atoms with van der Waals surface area (Å²) < 4.78 is 5.26. The fourth-order valence-electron chi connectivity index (χ4n) is 2.88. The first kappa shape index (κ1) is 15.7. The fraction of sp³-hybridized carbons (Fsp3) is 0.444. The predicted molar refractivity (Wildman–Crippen MR) is 88.3 cm³/mol. The molecule has 1 aliphatic heterocycles. The number of benzene rings is 1. The van der Waals surface area contributed by atoms with Gasteiger partial charge in [0.25, 0.3) is 5.91 Å². The van der Waals surface area contributed by atoms with E-state index in [1.165, 1.54) is 5.56 Å². The zero-order valence-electron chi connectivity index (χ0n) is 14.0. The molecule has 1 aromatic carbocycles. The van der Waals surface area contributed by atoms with E-state index >= 15 is 0 Å². The molecule has 5 nitrogen and oxygen atoms in total. The Hall–Kier alpha value is -2.14. The second kappa shape index (κ2) is 6.54. The number of nitrogens with zero attached hydrogens (tertiary/aromatic N) is 3. The first-order valence-corrected chi connectivity index (χ1v) is 8.04. The van der Waals surface area contributed by atoms with Gasteiger partial charge in [-0.15, -0.1) is 0 Å². The van der Waals surface area contributed by atoms with E-state index < -0.39 is 0 Å². The SMILES string of the molecule is Cc1cc(CN2CCN(C(=O)c3ccc(C)c(C)c3)CC2)on1. The lowest BCUT2D eigenvalue weighted by atomic mass is 10.1. The van der Waals surface area contributed by atoms with E-state index in [2.05, 4.69) is 17.0 Å². The van der Waals surface area contributed by atoms with Crippen molar-refractivity contribution in [1.82, 2.24) is 15.0 Å². The maximum atomic E-state index is 12.6. The number of aromatic nitrogens is 1. The molecule has 23 heavy (non-hydrogen) atoms. The lowest BCUT2D eigenvalue weighted by Crippen LogP contribution is -2.48. The molecule has 2 aromatic rings. The minimum absolute atomic E-state index is 0.128. The first-order valence-electron chi connectivity index (χ1n) is 8.04. The van der Waals surface area contributed by atoms with Crippen LogP contribution in [0.4, 0.5) is 0 Å². The summed E-state index contributed by atoms with van der Waals surface area (Å²) in [4.78, 5) is 16.8.